The van der Waals surface area contributed by atoms with E-state index in [1.807, 2.05) is 0 Å². The summed E-state index contributed by atoms with van der Waals surface area (Å²) in [5.74, 6) is -0.553. The number of aromatic nitrogens is 1. The zero-order valence-corrected chi connectivity index (χ0v) is 10.1. The van der Waals surface area contributed by atoms with Gasteiger partial charge in [0, 0.05) is 11.0 Å². The highest BCUT2D eigenvalue weighted by molar-refractivity contribution is 5.92. The molecule has 0 unspecified atom stereocenters. The molecule has 9 nitrogen and oxygen atoms in total. The van der Waals surface area contributed by atoms with Crippen LogP contribution in [0.5, 0.6) is 0 Å². The molecular formula is C11H9N5O4. The Kier molecular flexibility index (Phi) is 2.81. The summed E-state index contributed by atoms with van der Waals surface area (Å²) in [6.07, 6.45) is -1.01. The number of H-pyrrole nitrogens is 1. The SMILES string of the molecule is [N-]=[N+]=NC[C@H]1CN(c2ccc3[nH]c(=O)oc3c2)C(=O)O1. The van der Waals surface area contributed by atoms with Crippen LogP contribution in [0.15, 0.2) is 32.5 Å². The summed E-state index contributed by atoms with van der Waals surface area (Å²) in [4.78, 5) is 29.4. The Hall–Kier alpha value is -2.93. The van der Waals surface area contributed by atoms with Gasteiger partial charge in [0.25, 0.3) is 0 Å². The minimum Gasteiger partial charge on any atom is -0.444 e. The summed E-state index contributed by atoms with van der Waals surface area (Å²) in [5.41, 5.74) is 9.72. The molecule has 2 aromatic rings. The number of anilines is 1. The number of hydrogen-bond acceptors (Lipinski definition) is 5. The van der Waals surface area contributed by atoms with Gasteiger partial charge in [-0.1, -0.05) is 5.11 Å². The number of nitrogens with zero attached hydrogens (tertiary/aromatic N) is 4. The summed E-state index contributed by atoms with van der Waals surface area (Å²) in [6.45, 7) is 0.359. The predicted octanol–water partition coefficient (Wildman–Crippen LogP) is 1.76. The molecule has 9 heteroatoms. The van der Waals surface area contributed by atoms with Crippen LogP contribution in [0.4, 0.5) is 10.5 Å². The van der Waals surface area contributed by atoms with E-state index in [9.17, 15) is 9.59 Å². The average molecular weight is 275 g/mol. The lowest BCUT2D eigenvalue weighted by atomic mass is 10.2. The maximum Gasteiger partial charge on any atom is 0.417 e. The van der Waals surface area contributed by atoms with Crippen LogP contribution in [0.3, 0.4) is 0 Å². The van der Waals surface area contributed by atoms with Gasteiger partial charge in [-0.2, -0.15) is 0 Å². The van der Waals surface area contributed by atoms with Crippen LogP contribution >= 0.6 is 0 Å². The van der Waals surface area contributed by atoms with Gasteiger partial charge < -0.3 is 9.15 Å². The average Bonchev–Trinajstić information content (AvgIpc) is 2.97. The summed E-state index contributed by atoms with van der Waals surface area (Å²) in [7, 11) is 0. The Bertz CT molecular complexity index is 772. The summed E-state index contributed by atoms with van der Waals surface area (Å²) in [6, 6.07) is 4.89. The molecule has 0 bridgehead atoms. The normalized spacial score (nSPS) is 18.1. The molecule has 1 amide bonds. The third-order valence-electron chi connectivity index (χ3n) is 2.94. The third kappa shape index (κ3) is 2.06. The van der Waals surface area contributed by atoms with Gasteiger partial charge in [0.2, 0.25) is 0 Å². The van der Waals surface area contributed by atoms with Crippen LogP contribution in [0.2, 0.25) is 0 Å². The molecule has 1 aliphatic heterocycles. The van der Waals surface area contributed by atoms with E-state index in [0.29, 0.717) is 16.8 Å². The minimum absolute atomic E-state index is 0.0836. The maximum atomic E-state index is 11.8. The van der Waals surface area contributed by atoms with Crippen molar-refractivity contribution in [3.05, 3.63) is 39.2 Å². The van der Waals surface area contributed by atoms with Crippen molar-refractivity contribution in [2.45, 2.75) is 6.10 Å². The minimum atomic E-state index is -0.553. The molecule has 1 atom stereocenters. The first-order valence-corrected chi connectivity index (χ1v) is 5.79. The number of benzene rings is 1. The second kappa shape index (κ2) is 4.63. The molecule has 1 N–H and O–H groups in total. The number of carbonyl (C=O) groups is 1. The van der Waals surface area contributed by atoms with Crippen molar-refractivity contribution in [3.8, 4) is 0 Å². The molecule has 20 heavy (non-hydrogen) atoms. The highest BCUT2D eigenvalue weighted by atomic mass is 16.6. The van der Waals surface area contributed by atoms with Gasteiger partial charge in [0.05, 0.1) is 24.3 Å². The van der Waals surface area contributed by atoms with Crippen molar-refractivity contribution in [1.82, 2.24) is 4.98 Å². The van der Waals surface area contributed by atoms with E-state index in [0.717, 1.165) is 0 Å². The van der Waals surface area contributed by atoms with Crippen molar-refractivity contribution < 1.29 is 13.9 Å². The molecule has 0 spiro atoms. The maximum absolute atomic E-state index is 11.8. The fraction of sp³-hybridized carbons (Fsp3) is 0.273. The van der Waals surface area contributed by atoms with E-state index in [1.165, 1.54) is 4.90 Å². The standard InChI is InChI=1S/C11H9N5O4/c12-15-13-4-7-5-16(11(18)19-7)6-1-2-8-9(3-6)20-10(17)14-8/h1-3,7H,4-5H2,(H,14,17)/t7-/m0/s1. The highest BCUT2D eigenvalue weighted by Crippen LogP contribution is 2.25. The Morgan fingerprint density at radius 3 is 3.15 bits per heavy atom. The Balaban J connectivity index is 1.88. The van der Waals surface area contributed by atoms with Crippen LogP contribution in [-0.2, 0) is 4.74 Å². The molecule has 1 aromatic carbocycles. The van der Waals surface area contributed by atoms with Gasteiger partial charge in [-0.15, -0.1) is 0 Å². The van der Waals surface area contributed by atoms with E-state index in [1.54, 1.807) is 18.2 Å². The smallest absolute Gasteiger partial charge is 0.417 e. The van der Waals surface area contributed by atoms with Gasteiger partial charge in [-0.3, -0.25) is 9.88 Å². The first kappa shape index (κ1) is 12.1. The predicted molar refractivity (Wildman–Crippen MR) is 68.5 cm³/mol. The monoisotopic (exact) mass is 275 g/mol. The molecule has 0 aliphatic carbocycles. The van der Waals surface area contributed by atoms with Gasteiger partial charge in [-0.25, -0.2) is 9.59 Å². The van der Waals surface area contributed by atoms with E-state index in [-0.39, 0.29) is 13.1 Å². The first-order valence-electron chi connectivity index (χ1n) is 5.79. The molecule has 0 radical (unpaired) electrons. The Morgan fingerprint density at radius 1 is 1.50 bits per heavy atom. The Morgan fingerprint density at radius 2 is 2.35 bits per heavy atom. The van der Waals surface area contributed by atoms with Gasteiger partial charge in [0.1, 0.15) is 6.10 Å². The fourth-order valence-electron chi connectivity index (χ4n) is 2.06. The lowest BCUT2D eigenvalue weighted by Gasteiger charge is -2.12. The number of fused-ring (bicyclic) bond motifs is 1. The molecule has 2 heterocycles. The molecule has 102 valence electrons. The molecule has 1 aromatic heterocycles. The van der Waals surface area contributed by atoms with Crippen molar-refractivity contribution in [2.75, 3.05) is 18.0 Å². The fourth-order valence-corrected chi connectivity index (χ4v) is 2.06. The van der Waals surface area contributed by atoms with Crippen molar-refractivity contribution >= 4 is 22.9 Å². The van der Waals surface area contributed by atoms with Gasteiger partial charge >= 0.3 is 11.8 Å². The third-order valence-corrected chi connectivity index (χ3v) is 2.94. The van der Waals surface area contributed by atoms with E-state index >= 15 is 0 Å². The largest absolute Gasteiger partial charge is 0.444 e. The zero-order valence-electron chi connectivity index (χ0n) is 10.1. The molecule has 1 fully saturated rings. The van der Waals surface area contributed by atoms with Crippen LogP contribution in [0, 0.1) is 0 Å². The summed E-state index contributed by atoms with van der Waals surface area (Å²) in [5, 5.41) is 3.38. The number of oxazole rings is 1. The number of aromatic amines is 1. The van der Waals surface area contributed by atoms with E-state index in [4.69, 9.17) is 14.7 Å². The number of cyclic esters (lactones) is 1. The van der Waals surface area contributed by atoms with Gasteiger partial charge in [0.15, 0.2) is 5.58 Å². The first-order chi connectivity index (χ1) is 9.67. The number of azide groups is 1. The lowest BCUT2D eigenvalue weighted by molar-refractivity contribution is 0.145. The second-order valence-corrected chi connectivity index (χ2v) is 4.22. The topological polar surface area (TPSA) is 124 Å². The number of ether oxygens (including phenoxy) is 1. The number of nitrogens with one attached hydrogen (secondary N) is 1. The van der Waals surface area contributed by atoms with Crippen LogP contribution in [0.1, 0.15) is 0 Å². The number of amides is 1. The summed E-state index contributed by atoms with van der Waals surface area (Å²) < 4.78 is 10.0. The Labute approximate surface area is 111 Å². The second-order valence-electron chi connectivity index (χ2n) is 4.22. The van der Waals surface area contributed by atoms with Crippen LogP contribution in [-0.4, -0.2) is 30.3 Å². The van der Waals surface area contributed by atoms with E-state index < -0.39 is 18.0 Å². The van der Waals surface area contributed by atoms with Crippen molar-refractivity contribution in [1.29, 1.82) is 0 Å². The van der Waals surface area contributed by atoms with Crippen LogP contribution in [0.25, 0.3) is 21.5 Å². The molecule has 1 saturated heterocycles. The van der Waals surface area contributed by atoms with Crippen molar-refractivity contribution in [3.63, 3.8) is 0 Å². The van der Waals surface area contributed by atoms with Gasteiger partial charge in [-0.05, 0) is 17.7 Å². The zero-order chi connectivity index (χ0) is 14.1. The quantitative estimate of drug-likeness (QED) is 0.520. The summed E-state index contributed by atoms with van der Waals surface area (Å²) >= 11 is 0. The molecular weight excluding hydrogens is 266 g/mol. The number of carbonyl (C=O) groups excluding carboxylic acids is 1. The van der Waals surface area contributed by atoms with Crippen molar-refractivity contribution in [2.24, 2.45) is 5.11 Å². The number of rotatable bonds is 3. The lowest BCUT2D eigenvalue weighted by Crippen LogP contribution is -2.24. The number of hydrogen-bond donors (Lipinski definition) is 1. The van der Waals surface area contributed by atoms with Crippen LogP contribution < -0.4 is 10.7 Å². The molecule has 1 aliphatic rings. The molecule has 3 rings (SSSR count). The highest BCUT2D eigenvalue weighted by Gasteiger charge is 2.32. The van der Waals surface area contributed by atoms with E-state index in [2.05, 4.69) is 15.0 Å². The molecule has 0 saturated carbocycles.